The second-order valence-electron chi connectivity index (χ2n) is 6.05. The van der Waals surface area contributed by atoms with Crippen molar-refractivity contribution >= 4 is 63.7 Å². The molecular weight excluding hydrogens is 580 g/mol. The van der Waals surface area contributed by atoms with Crippen molar-refractivity contribution in [3.05, 3.63) is 65.4 Å². The minimum absolute atomic E-state index is 0.0247. The molecule has 0 aliphatic heterocycles. The summed E-state index contributed by atoms with van der Waals surface area (Å²) in [6.45, 7) is 4.10. The largest absolute Gasteiger partial charge is 0.484 e. The monoisotopic (exact) mass is 592 g/mol. The molecule has 25 heavy (non-hydrogen) atoms. The maximum atomic E-state index is 6.16. The van der Waals surface area contributed by atoms with Gasteiger partial charge in [0.2, 0.25) is 0 Å². The Kier molecular flexibility index (Phi) is 6.35. The van der Waals surface area contributed by atoms with Crippen LogP contribution in [0.3, 0.4) is 0 Å². The summed E-state index contributed by atoms with van der Waals surface area (Å²) in [5.74, 6) is 1.64. The highest BCUT2D eigenvalue weighted by Crippen LogP contribution is 2.38. The third-order valence-electron chi connectivity index (χ3n) is 3.83. The van der Waals surface area contributed by atoms with Gasteiger partial charge >= 0.3 is 0 Å². The normalized spacial score (nSPS) is 19.3. The third kappa shape index (κ3) is 4.71. The van der Waals surface area contributed by atoms with Gasteiger partial charge in [0.25, 0.3) is 0 Å². The lowest BCUT2D eigenvalue weighted by Crippen LogP contribution is -2.19. The number of halogens is 4. The predicted octanol–water partition coefficient (Wildman–Crippen LogP) is 7.51. The Morgan fingerprint density at radius 1 is 0.680 bits per heavy atom. The van der Waals surface area contributed by atoms with Crippen molar-refractivity contribution in [3.8, 4) is 11.5 Å². The summed E-state index contributed by atoms with van der Waals surface area (Å²) < 4.78 is 16.1. The van der Waals surface area contributed by atoms with Crippen LogP contribution in [0.1, 0.15) is 17.5 Å². The van der Waals surface area contributed by atoms with E-state index in [-0.39, 0.29) is 12.2 Å². The standard InChI is InChI=1S/C19H16Br4O2/c1-10-5-14(20)18(15(21)6-10)24-12-3-4-13(9-12)25-19-16(22)7-11(2)8-17(19)23/h3-8,12-13H,9H2,1-2H3/t12-,13+. The van der Waals surface area contributed by atoms with E-state index in [4.69, 9.17) is 9.47 Å². The van der Waals surface area contributed by atoms with Crippen molar-refractivity contribution in [1.29, 1.82) is 0 Å². The number of hydrogen-bond donors (Lipinski definition) is 0. The maximum absolute atomic E-state index is 6.16. The van der Waals surface area contributed by atoms with Gasteiger partial charge in [-0.1, -0.05) is 0 Å². The molecule has 0 fully saturated rings. The highest BCUT2D eigenvalue weighted by Gasteiger charge is 2.24. The highest BCUT2D eigenvalue weighted by molar-refractivity contribution is 9.11. The molecule has 2 aromatic rings. The summed E-state index contributed by atoms with van der Waals surface area (Å²) in [5, 5.41) is 0. The summed E-state index contributed by atoms with van der Waals surface area (Å²) in [7, 11) is 0. The van der Waals surface area contributed by atoms with E-state index in [1.165, 1.54) is 11.1 Å². The molecule has 0 unspecified atom stereocenters. The highest BCUT2D eigenvalue weighted by atomic mass is 79.9. The smallest absolute Gasteiger partial charge is 0.148 e. The number of rotatable bonds is 4. The van der Waals surface area contributed by atoms with Crippen molar-refractivity contribution in [2.24, 2.45) is 0 Å². The third-order valence-corrected chi connectivity index (χ3v) is 6.18. The van der Waals surface area contributed by atoms with Gasteiger partial charge in [0.1, 0.15) is 23.7 Å². The van der Waals surface area contributed by atoms with E-state index < -0.39 is 0 Å². The second kappa shape index (κ2) is 8.15. The summed E-state index contributed by atoms with van der Waals surface area (Å²) in [6.07, 6.45) is 4.82. The molecule has 0 N–H and O–H groups in total. The number of ether oxygens (including phenoxy) is 2. The molecule has 0 heterocycles. The molecule has 6 heteroatoms. The van der Waals surface area contributed by atoms with Crippen LogP contribution in [0.5, 0.6) is 11.5 Å². The van der Waals surface area contributed by atoms with Crippen LogP contribution in [0.4, 0.5) is 0 Å². The molecule has 2 atom stereocenters. The van der Waals surface area contributed by atoms with Crippen LogP contribution < -0.4 is 9.47 Å². The van der Waals surface area contributed by atoms with Crippen molar-refractivity contribution in [1.82, 2.24) is 0 Å². The van der Waals surface area contributed by atoms with Crippen LogP contribution in [-0.2, 0) is 0 Å². The minimum Gasteiger partial charge on any atom is -0.484 e. The summed E-state index contributed by atoms with van der Waals surface area (Å²) in [5.41, 5.74) is 2.34. The van der Waals surface area contributed by atoms with E-state index in [1.807, 2.05) is 24.3 Å². The first kappa shape index (κ1) is 19.5. The number of aryl methyl sites for hydroxylation is 2. The Bertz CT molecular complexity index is 719. The number of benzene rings is 2. The zero-order valence-corrected chi connectivity index (χ0v) is 20.0. The Hall–Kier alpha value is -0.300. The molecule has 0 spiro atoms. The fourth-order valence-corrected chi connectivity index (χ4v) is 5.91. The Labute approximate surface area is 181 Å². The van der Waals surface area contributed by atoms with Crippen molar-refractivity contribution in [2.75, 3.05) is 0 Å². The fraction of sp³-hybridized carbons (Fsp3) is 0.263. The Morgan fingerprint density at radius 3 is 1.32 bits per heavy atom. The topological polar surface area (TPSA) is 18.5 Å². The summed E-state index contributed by atoms with van der Waals surface area (Å²) in [6, 6.07) is 8.20. The fourth-order valence-electron chi connectivity index (χ4n) is 2.71. The molecule has 0 amide bonds. The van der Waals surface area contributed by atoms with Crippen molar-refractivity contribution < 1.29 is 9.47 Å². The summed E-state index contributed by atoms with van der Waals surface area (Å²) in [4.78, 5) is 0. The Balaban J connectivity index is 1.69. The molecule has 2 aromatic carbocycles. The zero-order chi connectivity index (χ0) is 18.1. The van der Waals surface area contributed by atoms with E-state index in [0.29, 0.717) is 0 Å². The summed E-state index contributed by atoms with van der Waals surface area (Å²) >= 11 is 14.3. The first-order chi connectivity index (χ1) is 11.8. The zero-order valence-electron chi connectivity index (χ0n) is 13.7. The first-order valence-electron chi connectivity index (χ1n) is 7.76. The van der Waals surface area contributed by atoms with E-state index in [9.17, 15) is 0 Å². The van der Waals surface area contributed by atoms with Crippen LogP contribution in [-0.4, -0.2) is 12.2 Å². The molecule has 0 radical (unpaired) electrons. The molecule has 0 bridgehead atoms. The molecular formula is C19H16Br4O2. The van der Waals surface area contributed by atoms with Crippen LogP contribution >= 0.6 is 63.7 Å². The van der Waals surface area contributed by atoms with Crippen LogP contribution in [0.2, 0.25) is 0 Å². The molecule has 3 rings (SSSR count). The van der Waals surface area contributed by atoms with Gasteiger partial charge in [0, 0.05) is 6.42 Å². The Morgan fingerprint density at radius 2 is 1.00 bits per heavy atom. The van der Waals surface area contributed by atoms with Crippen molar-refractivity contribution in [2.45, 2.75) is 32.5 Å². The molecule has 0 saturated heterocycles. The average Bonchev–Trinajstić information content (AvgIpc) is 2.94. The van der Waals surface area contributed by atoms with E-state index in [2.05, 4.69) is 89.7 Å². The minimum atomic E-state index is -0.0247. The maximum Gasteiger partial charge on any atom is 0.148 e. The predicted molar refractivity (Wildman–Crippen MR) is 116 cm³/mol. The number of hydrogen-bond acceptors (Lipinski definition) is 2. The van der Waals surface area contributed by atoms with Gasteiger partial charge in [-0.05, 0) is 125 Å². The van der Waals surface area contributed by atoms with E-state index in [0.717, 1.165) is 35.8 Å². The molecule has 1 aliphatic rings. The second-order valence-corrected chi connectivity index (χ2v) is 9.47. The average molecular weight is 596 g/mol. The van der Waals surface area contributed by atoms with Gasteiger partial charge < -0.3 is 9.47 Å². The van der Waals surface area contributed by atoms with Gasteiger partial charge in [-0.2, -0.15) is 0 Å². The van der Waals surface area contributed by atoms with Gasteiger partial charge in [0.05, 0.1) is 17.9 Å². The quantitative estimate of drug-likeness (QED) is 0.341. The van der Waals surface area contributed by atoms with Gasteiger partial charge in [0.15, 0.2) is 0 Å². The molecule has 0 saturated carbocycles. The van der Waals surface area contributed by atoms with Gasteiger partial charge in [-0.15, -0.1) is 0 Å². The lowest BCUT2D eigenvalue weighted by molar-refractivity contribution is 0.177. The first-order valence-corrected chi connectivity index (χ1v) is 10.9. The van der Waals surface area contributed by atoms with E-state index >= 15 is 0 Å². The molecule has 132 valence electrons. The van der Waals surface area contributed by atoms with Crippen LogP contribution in [0, 0.1) is 13.8 Å². The van der Waals surface area contributed by atoms with Crippen molar-refractivity contribution in [3.63, 3.8) is 0 Å². The van der Waals surface area contributed by atoms with Crippen LogP contribution in [0.15, 0.2) is 54.3 Å². The SMILES string of the molecule is Cc1cc(Br)c(O[C@@H]2C=C[C@H](Oc3c(Br)cc(C)cc3Br)C2)c(Br)c1. The molecule has 2 nitrogen and oxygen atoms in total. The van der Waals surface area contributed by atoms with Gasteiger partial charge in [-0.3, -0.25) is 0 Å². The van der Waals surface area contributed by atoms with E-state index in [1.54, 1.807) is 0 Å². The lowest BCUT2D eigenvalue weighted by atomic mass is 10.2. The lowest BCUT2D eigenvalue weighted by Gasteiger charge is -2.19. The van der Waals surface area contributed by atoms with Crippen LogP contribution in [0.25, 0.3) is 0 Å². The molecule has 0 aromatic heterocycles. The van der Waals surface area contributed by atoms with Gasteiger partial charge in [-0.25, -0.2) is 0 Å². The molecule has 1 aliphatic carbocycles.